The lowest BCUT2D eigenvalue weighted by Gasteiger charge is -2.13. The average molecular weight is 336 g/mol. The van der Waals surface area contributed by atoms with Crippen LogP contribution >= 0.6 is 11.3 Å². The number of rotatable bonds is 3. The molecule has 1 aromatic carbocycles. The molecule has 4 nitrogen and oxygen atoms in total. The molecule has 0 unspecified atom stereocenters. The molecule has 0 saturated carbocycles. The van der Waals surface area contributed by atoms with E-state index in [1.165, 1.54) is 28.3 Å². The summed E-state index contributed by atoms with van der Waals surface area (Å²) in [5.41, 5.74) is 0.523. The fraction of sp³-hybridized carbons (Fsp3) is 0.250. The summed E-state index contributed by atoms with van der Waals surface area (Å²) >= 11 is 1.43. The first-order chi connectivity index (χ1) is 10.9. The second-order valence-electron chi connectivity index (χ2n) is 5.35. The fourth-order valence-corrected chi connectivity index (χ4v) is 3.44. The van der Waals surface area contributed by atoms with E-state index < -0.39 is 17.7 Å². The van der Waals surface area contributed by atoms with E-state index in [1.807, 2.05) is 13.8 Å². The Balaban J connectivity index is 1.99. The van der Waals surface area contributed by atoms with Gasteiger partial charge in [0, 0.05) is 16.5 Å². The van der Waals surface area contributed by atoms with Gasteiger partial charge in [0.05, 0.1) is 24.4 Å². The van der Waals surface area contributed by atoms with Gasteiger partial charge in [-0.2, -0.15) is 0 Å². The van der Waals surface area contributed by atoms with Crippen molar-refractivity contribution in [2.75, 3.05) is 0 Å². The van der Waals surface area contributed by atoms with Gasteiger partial charge < -0.3 is 5.11 Å². The van der Waals surface area contributed by atoms with E-state index in [1.54, 1.807) is 0 Å². The molecule has 0 amide bonds. The molecule has 0 fully saturated rings. The average Bonchev–Trinajstić information content (AvgIpc) is 2.77. The van der Waals surface area contributed by atoms with E-state index in [-0.39, 0.29) is 17.7 Å². The maximum atomic E-state index is 13.7. The van der Waals surface area contributed by atoms with Gasteiger partial charge in [0.2, 0.25) is 0 Å². The van der Waals surface area contributed by atoms with Gasteiger partial charge >= 0.3 is 0 Å². The summed E-state index contributed by atoms with van der Waals surface area (Å²) < 4.78 is 27.9. The third-order valence-corrected chi connectivity index (χ3v) is 4.96. The van der Waals surface area contributed by atoms with Crippen LogP contribution in [0.15, 0.2) is 29.3 Å². The third kappa shape index (κ3) is 2.77. The number of thiophene rings is 1. The van der Waals surface area contributed by atoms with Gasteiger partial charge in [0.25, 0.3) is 5.56 Å². The Kier molecular flexibility index (Phi) is 3.99. The molecule has 0 aliphatic heterocycles. The van der Waals surface area contributed by atoms with Gasteiger partial charge in [0.15, 0.2) is 0 Å². The van der Waals surface area contributed by atoms with Crippen LogP contribution in [0, 0.1) is 25.5 Å². The smallest absolute Gasteiger partial charge is 0.262 e. The Morgan fingerprint density at radius 1 is 1.35 bits per heavy atom. The lowest BCUT2D eigenvalue weighted by Crippen LogP contribution is -2.24. The van der Waals surface area contributed by atoms with Crippen molar-refractivity contribution in [2.24, 2.45) is 0 Å². The summed E-state index contributed by atoms with van der Waals surface area (Å²) in [6.45, 7) is 3.60. The number of aryl methyl sites for hydroxylation is 2. The third-order valence-electron chi connectivity index (χ3n) is 3.85. The minimum Gasteiger partial charge on any atom is -0.386 e. The van der Waals surface area contributed by atoms with E-state index in [9.17, 15) is 18.7 Å². The zero-order valence-electron chi connectivity index (χ0n) is 12.5. The molecule has 0 saturated heterocycles. The number of nitrogens with zero attached hydrogens (tertiary/aromatic N) is 2. The van der Waals surface area contributed by atoms with Crippen molar-refractivity contribution in [3.63, 3.8) is 0 Å². The lowest BCUT2D eigenvalue weighted by molar-refractivity contribution is 0.150. The number of benzene rings is 1. The fourth-order valence-electron chi connectivity index (χ4n) is 2.46. The molecule has 0 radical (unpaired) electrons. The highest BCUT2D eigenvalue weighted by Gasteiger charge is 2.17. The topological polar surface area (TPSA) is 55.1 Å². The summed E-state index contributed by atoms with van der Waals surface area (Å²) in [6.07, 6.45) is 0.0672. The van der Waals surface area contributed by atoms with Crippen LogP contribution in [0.2, 0.25) is 0 Å². The summed E-state index contributed by atoms with van der Waals surface area (Å²) in [6, 6.07) is 2.94. The molecule has 1 atom stereocenters. The van der Waals surface area contributed by atoms with Crippen molar-refractivity contribution in [1.29, 1.82) is 0 Å². The van der Waals surface area contributed by atoms with Crippen molar-refractivity contribution in [3.05, 3.63) is 62.5 Å². The highest BCUT2D eigenvalue weighted by Crippen LogP contribution is 2.26. The number of aliphatic hydroxyl groups excluding tert-OH is 1. The highest BCUT2D eigenvalue weighted by atomic mass is 32.1. The van der Waals surface area contributed by atoms with Crippen LogP contribution in [0.4, 0.5) is 8.78 Å². The van der Waals surface area contributed by atoms with E-state index in [0.717, 1.165) is 16.5 Å². The highest BCUT2D eigenvalue weighted by molar-refractivity contribution is 7.18. The van der Waals surface area contributed by atoms with Crippen LogP contribution in [0.3, 0.4) is 0 Å². The normalized spacial score (nSPS) is 12.7. The van der Waals surface area contributed by atoms with Crippen molar-refractivity contribution in [1.82, 2.24) is 9.55 Å². The van der Waals surface area contributed by atoms with Crippen molar-refractivity contribution >= 4 is 21.6 Å². The number of aliphatic hydroxyl groups is 1. The molecule has 3 aromatic rings. The van der Waals surface area contributed by atoms with Gasteiger partial charge in [-0.25, -0.2) is 13.8 Å². The Morgan fingerprint density at radius 2 is 2.09 bits per heavy atom. The molecule has 2 heterocycles. The van der Waals surface area contributed by atoms with E-state index in [0.29, 0.717) is 16.3 Å². The molecule has 120 valence electrons. The second-order valence-corrected chi connectivity index (χ2v) is 6.55. The SMILES string of the molecule is Cc1sc2ncn(C[C@@H](O)c3ccc(F)cc3F)c(=O)c2c1C. The van der Waals surface area contributed by atoms with Crippen LogP contribution in [0.1, 0.15) is 22.1 Å². The molecule has 23 heavy (non-hydrogen) atoms. The Hall–Kier alpha value is -2.12. The van der Waals surface area contributed by atoms with Crippen LogP contribution < -0.4 is 5.56 Å². The number of fused-ring (bicyclic) bond motifs is 1. The number of hydrogen-bond donors (Lipinski definition) is 1. The number of halogens is 2. The first-order valence-corrected chi connectivity index (χ1v) is 7.78. The summed E-state index contributed by atoms with van der Waals surface area (Å²) in [7, 11) is 0. The number of aromatic nitrogens is 2. The van der Waals surface area contributed by atoms with Gasteiger partial charge in [-0.3, -0.25) is 9.36 Å². The monoisotopic (exact) mass is 336 g/mol. The standard InChI is InChI=1S/C16H14F2N2O2S/c1-8-9(2)23-15-14(8)16(22)20(7-19-15)6-13(21)11-4-3-10(17)5-12(11)18/h3-5,7,13,21H,6H2,1-2H3/t13-/m1/s1. The van der Waals surface area contributed by atoms with Crippen molar-refractivity contribution in [2.45, 2.75) is 26.5 Å². The molecule has 0 spiro atoms. The molecule has 3 rings (SSSR count). The van der Waals surface area contributed by atoms with E-state index in [2.05, 4.69) is 4.98 Å². The predicted octanol–water partition coefficient (Wildman–Crippen LogP) is 3.09. The van der Waals surface area contributed by atoms with Crippen LogP contribution in [0.5, 0.6) is 0 Å². The van der Waals surface area contributed by atoms with Crippen molar-refractivity contribution < 1.29 is 13.9 Å². The molecule has 0 aliphatic carbocycles. The first-order valence-electron chi connectivity index (χ1n) is 6.96. The van der Waals surface area contributed by atoms with Gasteiger partial charge in [0.1, 0.15) is 16.5 Å². The van der Waals surface area contributed by atoms with Crippen LogP contribution in [-0.4, -0.2) is 14.7 Å². The van der Waals surface area contributed by atoms with Crippen molar-refractivity contribution in [3.8, 4) is 0 Å². The molecule has 2 aromatic heterocycles. The largest absolute Gasteiger partial charge is 0.386 e. The maximum Gasteiger partial charge on any atom is 0.262 e. The lowest BCUT2D eigenvalue weighted by atomic mass is 10.1. The molecular formula is C16H14F2N2O2S. The Bertz CT molecular complexity index is 949. The van der Waals surface area contributed by atoms with E-state index >= 15 is 0 Å². The van der Waals surface area contributed by atoms with Gasteiger partial charge in [-0.05, 0) is 25.5 Å². The summed E-state index contributed by atoms with van der Waals surface area (Å²) in [5, 5.41) is 10.7. The maximum absolute atomic E-state index is 13.7. The molecule has 0 bridgehead atoms. The second kappa shape index (κ2) is 5.82. The minimum atomic E-state index is -1.27. The van der Waals surface area contributed by atoms with Crippen LogP contribution in [-0.2, 0) is 6.54 Å². The van der Waals surface area contributed by atoms with Gasteiger partial charge in [-0.15, -0.1) is 11.3 Å². The quantitative estimate of drug-likeness (QED) is 0.800. The Labute approximate surface area is 134 Å². The molecule has 1 N–H and O–H groups in total. The first kappa shape index (κ1) is 15.8. The summed E-state index contributed by atoms with van der Waals surface area (Å²) in [5.74, 6) is -1.56. The Morgan fingerprint density at radius 3 is 2.78 bits per heavy atom. The molecule has 0 aliphatic rings. The zero-order valence-corrected chi connectivity index (χ0v) is 13.3. The molecule has 7 heteroatoms. The summed E-state index contributed by atoms with van der Waals surface area (Å²) in [4.78, 5) is 18.4. The van der Waals surface area contributed by atoms with E-state index in [4.69, 9.17) is 0 Å². The number of hydrogen-bond acceptors (Lipinski definition) is 4. The predicted molar refractivity (Wildman–Crippen MR) is 84.7 cm³/mol. The van der Waals surface area contributed by atoms with Gasteiger partial charge in [-0.1, -0.05) is 6.07 Å². The van der Waals surface area contributed by atoms with Crippen LogP contribution in [0.25, 0.3) is 10.2 Å². The minimum absolute atomic E-state index is 0.0587. The zero-order chi connectivity index (χ0) is 16.7. The molecular weight excluding hydrogens is 322 g/mol.